The van der Waals surface area contributed by atoms with Crippen molar-refractivity contribution in [2.24, 2.45) is 7.05 Å². The maximum Gasteiger partial charge on any atom is 0.268 e. The maximum absolute atomic E-state index is 13.4. The predicted molar refractivity (Wildman–Crippen MR) is 134 cm³/mol. The first-order chi connectivity index (χ1) is 16.9. The molecule has 1 aliphatic rings. The highest BCUT2D eigenvalue weighted by atomic mass is 32.2. The van der Waals surface area contributed by atoms with E-state index < -0.39 is 10.0 Å². The number of morpholine rings is 1. The second kappa shape index (κ2) is 9.77. The zero-order valence-electron chi connectivity index (χ0n) is 19.6. The molecule has 182 valence electrons. The molecule has 0 aliphatic carbocycles. The van der Waals surface area contributed by atoms with E-state index >= 15 is 0 Å². The highest BCUT2D eigenvalue weighted by molar-refractivity contribution is 7.90. The third-order valence-electron chi connectivity index (χ3n) is 6.40. The van der Waals surface area contributed by atoms with Crippen molar-refractivity contribution >= 4 is 26.7 Å². The van der Waals surface area contributed by atoms with Gasteiger partial charge in [-0.25, -0.2) is 12.4 Å². The third-order valence-corrected chi connectivity index (χ3v) is 8.09. The number of aromatic nitrogens is 3. The van der Waals surface area contributed by atoms with E-state index in [-0.39, 0.29) is 10.7 Å². The van der Waals surface area contributed by atoms with Crippen LogP contribution < -0.4 is 0 Å². The van der Waals surface area contributed by atoms with Crippen LogP contribution in [0.5, 0.6) is 0 Å². The van der Waals surface area contributed by atoms with Crippen LogP contribution in [0.15, 0.2) is 71.8 Å². The van der Waals surface area contributed by atoms with Crippen molar-refractivity contribution < 1.29 is 17.9 Å². The second-order valence-electron chi connectivity index (χ2n) is 8.69. The largest absolute Gasteiger partial charge is 0.379 e. The van der Waals surface area contributed by atoms with E-state index in [0.717, 1.165) is 44.7 Å². The number of Topliss-reactive ketones (excluding diaryl/α,β-unsaturated/α-hetero) is 1. The number of aryl methyl sites for hydroxylation is 1. The Balaban J connectivity index is 1.44. The molecular formula is C26H28N4O4S. The van der Waals surface area contributed by atoms with Crippen molar-refractivity contribution in [2.75, 3.05) is 32.8 Å². The Kier molecular flexibility index (Phi) is 6.55. The molecule has 0 unspecified atom stereocenters. The van der Waals surface area contributed by atoms with E-state index in [1.165, 1.54) is 3.97 Å². The van der Waals surface area contributed by atoms with E-state index in [4.69, 9.17) is 4.74 Å². The Labute approximate surface area is 204 Å². The fourth-order valence-electron chi connectivity index (χ4n) is 4.53. The molecule has 2 aromatic heterocycles. The van der Waals surface area contributed by atoms with Crippen molar-refractivity contribution in [1.82, 2.24) is 18.7 Å². The summed E-state index contributed by atoms with van der Waals surface area (Å²) < 4.78 is 35.2. The predicted octanol–water partition coefficient (Wildman–Crippen LogP) is 3.57. The van der Waals surface area contributed by atoms with E-state index in [2.05, 4.69) is 10.00 Å². The fourth-order valence-corrected chi connectivity index (χ4v) is 5.92. The number of rotatable bonds is 8. The highest BCUT2D eigenvalue weighted by Crippen LogP contribution is 2.33. The lowest BCUT2D eigenvalue weighted by atomic mass is 10.1. The number of hydrogen-bond donors (Lipinski definition) is 0. The van der Waals surface area contributed by atoms with Crippen molar-refractivity contribution in [3.63, 3.8) is 0 Å². The van der Waals surface area contributed by atoms with Gasteiger partial charge in [0.25, 0.3) is 10.0 Å². The molecule has 0 bridgehead atoms. The maximum atomic E-state index is 13.4. The number of hydrogen-bond acceptors (Lipinski definition) is 6. The summed E-state index contributed by atoms with van der Waals surface area (Å²) in [6.45, 7) is 4.14. The smallest absolute Gasteiger partial charge is 0.268 e. The zero-order valence-corrected chi connectivity index (χ0v) is 20.4. The van der Waals surface area contributed by atoms with Crippen LogP contribution in [0.2, 0.25) is 0 Å². The van der Waals surface area contributed by atoms with Gasteiger partial charge in [0, 0.05) is 43.7 Å². The number of benzene rings is 2. The van der Waals surface area contributed by atoms with Gasteiger partial charge < -0.3 is 4.74 Å². The first-order valence-electron chi connectivity index (χ1n) is 11.7. The second-order valence-corrected chi connectivity index (χ2v) is 10.5. The zero-order chi connectivity index (χ0) is 24.4. The molecule has 2 aromatic carbocycles. The lowest BCUT2D eigenvalue weighted by molar-refractivity contribution is 0.0371. The molecular weight excluding hydrogens is 464 g/mol. The molecule has 0 N–H and O–H groups in total. The van der Waals surface area contributed by atoms with Crippen LogP contribution in [0.1, 0.15) is 23.3 Å². The number of ketones is 1. The van der Waals surface area contributed by atoms with Crippen molar-refractivity contribution in [3.05, 3.63) is 72.6 Å². The van der Waals surface area contributed by atoms with Gasteiger partial charge in [-0.2, -0.15) is 5.10 Å². The first kappa shape index (κ1) is 23.5. The Hall–Kier alpha value is -3.27. The number of para-hydroxylation sites is 1. The number of carbonyl (C=O) groups excluding carboxylic acids is 1. The SMILES string of the molecule is Cn1nc(C(=O)CCCN2CCOCC2)cc1-c1cn(S(=O)(=O)c2ccccc2)c2ccccc12. The minimum atomic E-state index is -3.79. The number of ether oxygens (including phenoxy) is 1. The molecule has 0 amide bonds. The van der Waals surface area contributed by atoms with Crippen molar-refractivity contribution in [3.8, 4) is 11.3 Å². The summed E-state index contributed by atoms with van der Waals surface area (Å²) in [6.07, 6.45) is 2.80. The van der Waals surface area contributed by atoms with Crippen LogP contribution in [0.25, 0.3) is 22.2 Å². The molecule has 8 nitrogen and oxygen atoms in total. The van der Waals surface area contributed by atoms with Gasteiger partial charge in [0.05, 0.1) is 29.3 Å². The van der Waals surface area contributed by atoms with Gasteiger partial charge >= 0.3 is 0 Å². The highest BCUT2D eigenvalue weighted by Gasteiger charge is 2.24. The van der Waals surface area contributed by atoms with Gasteiger partial charge in [-0.15, -0.1) is 0 Å². The van der Waals surface area contributed by atoms with Crippen molar-refractivity contribution in [1.29, 1.82) is 0 Å². The molecule has 0 spiro atoms. The van der Waals surface area contributed by atoms with E-state index in [1.54, 1.807) is 60.4 Å². The summed E-state index contributed by atoms with van der Waals surface area (Å²) in [4.78, 5) is 15.4. The van der Waals surface area contributed by atoms with Crippen LogP contribution in [-0.2, 0) is 21.8 Å². The van der Waals surface area contributed by atoms with Crippen LogP contribution in [-0.4, -0.2) is 65.7 Å². The Morgan fingerprint density at radius 2 is 1.74 bits per heavy atom. The molecule has 9 heteroatoms. The Morgan fingerprint density at radius 3 is 2.51 bits per heavy atom. The number of fused-ring (bicyclic) bond motifs is 1. The molecule has 0 atom stereocenters. The summed E-state index contributed by atoms with van der Waals surface area (Å²) in [6, 6.07) is 17.5. The number of carbonyl (C=O) groups is 1. The van der Waals surface area contributed by atoms with Crippen LogP contribution >= 0.6 is 0 Å². The molecule has 1 saturated heterocycles. The molecule has 0 saturated carbocycles. The minimum Gasteiger partial charge on any atom is -0.379 e. The van der Waals surface area contributed by atoms with Gasteiger partial charge in [0.15, 0.2) is 5.78 Å². The first-order valence-corrected chi connectivity index (χ1v) is 13.2. The van der Waals surface area contributed by atoms with Crippen LogP contribution in [0.3, 0.4) is 0 Å². The summed E-state index contributed by atoms with van der Waals surface area (Å²) in [5, 5.41) is 5.24. The van der Waals surface area contributed by atoms with Gasteiger partial charge in [-0.1, -0.05) is 36.4 Å². The third kappa shape index (κ3) is 4.67. The standard InChI is InChI=1S/C26H28N4O4S/c1-28-25(18-23(27-28)26(31)12-7-13-29-14-16-34-17-15-29)22-19-30(24-11-6-5-10-21(22)24)35(32,33)20-8-3-2-4-9-20/h2-6,8-11,18-19H,7,12-17H2,1H3. The van der Waals surface area contributed by atoms with Gasteiger partial charge in [0.2, 0.25) is 0 Å². The summed E-state index contributed by atoms with van der Waals surface area (Å²) in [7, 11) is -2.02. The van der Waals surface area contributed by atoms with Crippen LogP contribution in [0, 0.1) is 0 Å². The molecule has 0 radical (unpaired) electrons. The molecule has 3 heterocycles. The Bertz CT molecular complexity index is 1450. The van der Waals surface area contributed by atoms with E-state index in [9.17, 15) is 13.2 Å². The summed E-state index contributed by atoms with van der Waals surface area (Å²) >= 11 is 0. The summed E-state index contributed by atoms with van der Waals surface area (Å²) in [5.74, 6) is -0.0132. The van der Waals surface area contributed by atoms with E-state index in [1.807, 2.05) is 18.2 Å². The van der Waals surface area contributed by atoms with E-state index in [0.29, 0.717) is 28.9 Å². The fraction of sp³-hybridized carbons (Fsp3) is 0.308. The van der Waals surface area contributed by atoms with Crippen LogP contribution in [0.4, 0.5) is 0 Å². The average molecular weight is 493 g/mol. The normalized spacial score (nSPS) is 15.0. The quantitative estimate of drug-likeness (QED) is 0.350. The molecule has 1 aliphatic heterocycles. The lowest BCUT2D eigenvalue weighted by Crippen LogP contribution is -2.36. The summed E-state index contributed by atoms with van der Waals surface area (Å²) in [5.41, 5.74) is 2.38. The topological polar surface area (TPSA) is 86.4 Å². The van der Waals surface area contributed by atoms with Gasteiger partial charge in [0.1, 0.15) is 5.69 Å². The van der Waals surface area contributed by atoms with Gasteiger partial charge in [-0.05, 0) is 37.2 Å². The monoisotopic (exact) mass is 492 g/mol. The average Bonchev–Trinajstić information content (AvgIpc) is 3.46. The Morgan fingerprint density at radius 1 is 1.03 bits per heavy atom. The molecule has 4 aromatic rings. The molecule has 5 rings (SSSR count). The molecule has 35 heavy (non-hydrogen) atoms. The number of nitrogens with zero attached hydrogens (tertiary/aromatic N) is 4. The lowest BCUT2D eigenvalue weighted by Gasteiger charge is -2.26. The van der Waals surface area contributed by atoms with Crippen molar-refractivity contribution in [2.45, 2.75) is 17.7 Å². The minimum absolute atomic E-state index is 0.0132. The molecule has 1 fully saturated rings. The van der Waals surface area contributed by atoms with Gasteiger partial charge in [-0.3, -0.25) is 14.4 Å².